The van der Waals surface area contributed by atoms with Crippen molar-refractivity contribution in [2.45, 2.75) is 45.1 Å². The quantitative estimate of drug-likeness (QED) is 0.837. The number of likely N-dealkylation sites (N-methyl/N-ethyl adjacent to an activating group) is 1. The summed E-state index contributed by atoms with van der Waals surface area (Å²) in [6, 6.07) is 8.20. The van der Waals surface area contributed by atoms with E-state index in [4.69, 9.17) is 0 Å². The largest absolute Gasteiger partial charge is 0.349 e. The lowest BCUT2D eigenvalue weighted by molar-refractivity contribution is 0.0926. The SMILES string of the molecule is CNCCc1ccccc1C(=O)NC(C)C1CCCC1. The Hall–Kier alpha value is -1.35. The van der Waals surface area contributed by atoms with E-state index in [0.29, 0.717) is 5.92 Å². The lowest BCUT2D eigenvalue weighted by Gasteiger charge is -2.21. The van der Waals surface area contributed by atoms with Crippen LogP contribution < -0.4 is 10.6 Å². The molecule has 1 aromatic rings. The van der Waals surface area contributed by atoms with Crippen molar-refractivity contribution >= 4 is 5.91 Å². The minimum Gasteiger partial charge on any atom is -0.349 e. The molecule has 20 heavy (non-hydrogen) atoms. The van der Waals surface area contributed by atoms with Crippen molar-refractivity contribution in [2.75, 3.05) is 13.6 Å². The van der Waals surface area contributed by atoms with Crippen LogP contribution in [0.1, 0.15) is 48.5 Å². The fourth-order valence-corrected chi connectivity index (χ4v) is 3.08. The summed E-state index contributed by atoms with van der Waals surface area (Å²) in [4.78, 5) is 12.5. The molecule has 1 unspecified atom stereocenters. The first-order chi connectivity index (χ1) is 9.72. The number of rotatable bonds is 6. The van der Waals surface area contributed by atoms with E-state index in [9.17, 15) is 4.79 Å². The Bertz CT molecular complexity index is 438. The van der Waals surface area contributed by atoms with Crippen molar-refractivity contribution in [3.8, 4) is 0 Å². The second kappa shape index (κ2) is 7.44. The molecule has 3 nitrogen and oxygen atoms in total. The Kier molecular flexibility index (Phi) is 5.60. The number of hydrogen-bond acceptors (Lipinski definition) is 2. The molecule has 0 saturated heterocycles. The maximum Gasteiger partial charge on any atom is 0.251 e. The zero-order chi connectivity index (χ0) is 14.4. The number of hydrogen-bond donors (Lipinski definition) is 2. The first-order valence-corrected chi connectivity index (χ1v) is 7.75. The fraction of sp³-hybridized carbons (Fsp3) is 0.588. The van der Waals surface area contributed by atoms with Gasteiger partial charge in [0.05, 0.1) is 0 Å². The van der Waals surface area contributed by atoms with Gasteiger partial charge in [-0.3, -0.25) is 4.79 Å². The average molecular weight is 274 g/mol. The highest BCUT2D eigenvalue weighted by molar-refractivity contribution is 5.95. The van der Waals surface area contributed by atoms with Gasteiger partial charge in [-0.1, -0.05) is 31.0 Å². The molecule has 3 heteroatoms. The van der Waals surface area contributed by atoms with Crippen LogP contribution in [0.2, 0.25) is 0 Å². The Labute approximate surface area is 122 Å². The molecule has 0 bridgehead atoms. The molecule has 1 fully saturated rings. The molecule has 2 rings (SSSR count). The summed E-state index contributed by atoms with van der Waals surface area (Å²) >= 11 is 0. The van der Waals surface area contributed by atoms with Crippen LogP contribution in [0.25, 0.3) is 0 Å². The summed E-state index contributed by atoms with van der Waals surface area (Å²) in [6.07, 6.45) is 6.01. The van der Waals surface area contributed by atoms with Crippen LogP contribution >= 0.6 is 0 Å². The van der Waals surface area contributed by atoms with Gasteiger partial charge in [0.1, 0.15) is 0 Å². The zero-order valence-corrected chi connectivity index (χ0v) is 12.6. The smallest absolute Gasteiger partial charge is 0.251 e. The van der Waals surface area contributed by atoms with Crippen molar-refractivity contribution in [2.24, 2.45) is 5.92 Å². The summed E-state index contributed by atoms with van der Waals surface area (Å²) < 4.78 is 0. The van der Waals surface area contributed by atoms with Crippen LogP contribution in [0.4, 0.5) is 0 Å². The van der Waals surface area contributed by atoms with Crippen molar-refractivity contribution < 1.29 is 4.79 Å². The molecule has 0 aliphatic heterocycles. The first-order valence-electron chi connectivity index (χ1n) is 7.75. The van der Waals surface area contributed by atoms with Gasteiger partial charge in [0.15, 0.2) is 0 Å². The van der Waals surface area contributed by atoms with Crippen LogP contribution in [-0.4, -0.2) is 25.5 Å². The maximum absolute atomic E-state index is 12.5. The molecular formula is C17H26N2O. The van der Waals surface area contributed by atoms with E-state index in [1.54, 1.807) is 0 Å². The second-order valence-electron chi connectivity index (χ2n) is 5.82. The summed E-state index contributed by atoms with van der Waals surface area (Å²) in [5.41, 5.74) is 1.95. The second-order valence-corrected chi connectivity index (χ2v) is 5.82. The lowest BCUT2D eigenvalue weighted by atomic mass is 9.98. The summed E-state index contributed by atoms with van der Waals surface area (Å²) in [5.74, 6) is 0.736. The van der Waals surface area contributed by atoms with Crippen LogP contribution in [0.5, 0.6) is 0 Å². The third-order valence-corrected chi connectivity index (χ3v) is 4.37. The van der Waals surface area contributed by atoms with Crippen LogP contribution in [-0.2, 0) is 6.42 Å². The molecule has 1 saturated carbocycles. The fourth-order valence-electron chi connectivity index (χ4n) is 3.08. The molecule has 1 aliphatic rings. The van der Waals surface area contributed by atoms with E-state index in [1.165, 1.54) is 25.7 Å². The van der Waals surface area contributed by atoms with Gasteiger partial charge in [0, 0.05) is 11.6 Å². The van der Waals surface area contributed by atoms with Crippen molar-refractivity contribution in [3.05, 3.63) is 35.4 Å². The molecular weight excluding hydrogens is 248 g/mol. The Morgan fingerprint density at radius 3 is 2.70 bits per heavy atom. The van der Waals surface area contributed by atoms with E-state index in [0.717, 1.165) is 24.1 Å². The van der Waals surface area contributed by atoms with Gasteiger partial charge >= 0.3 is 0 Å². The Balaban J connectivity index is 2.00. The zero-order valence-electron chi connectivity index (χ0n) is 12.6. The van der Waals surface area contributed by atoms with E-state index in [-0.39, 0.29) is 11.9 Å². The number of benzene rings is 1. The van der Waals surface area contributed by atoms with Crippen LogP contribution in [0, 0.1) is 5.92 Å². The summed E-state index contributed by atoms with van der Waals surface area (Å²) in [6.45, 7) is 3.03. The van der Waals surface area contributed by atoms with E-state index >= 15 is 0 Å². The predicted molar refractivity (Wildman–Crippen MR) is 83.0 cm³/mol. The van der Waals surface area contributed by atoms with Crippen LogP contribution in [0.15, 0.2) is 24.3 Å². The first kappa shape index (κ1) is 15.0. The van der Waals surface area contributed by atoms with E-state index in [1.807, 2.05) is 31.3 Å². The van der Waals surface area contributed by atoms with E-state index < -0.39 is 0 Å². The highest BCUT2D eigenvalue weighted by Crippen LogP contribution is 2.27. The van der Waals surface area contributed by atoms with Gasteiger partial charge in [-0.15, -0.1) is 0 Å². The van der Waals surface area contributed by atoms with Gasteiger partial charge in [-0.05, 0) is 57.3 Å². The molecule has 1 aliphatic carbocycles. The van der Waals surface area contributed by atoms with Gasteiger partial charge in [-0.25, -0.2) is 0 Å². The molecule has 0 heterocycles. The number of carbonyl (C=O) groups excluding carboxylic acids is 1. The summed E-state index contributed by atoms with van der Waals surface area (Å²) in [5, 5.41) is 6.33. The third kappa shape index (κ3) is 3.83. The minimum absolute atomic E-state index is 0.0797. The molecule has 1 aromatic carbocycles. The summed E-state index contributed by atoms with van der Waals surface area (Å²) in [7, 11) is 1.94. The molecule has 1 atom stereocenters. The molecule has 0 spiro atoms. The average Bonchev–Trinajstić information content (AvgIpc) is 2.99. The highest BCUT2D eigenvalue weighted by Gasteiger charge is 2.23. The maximum atomic E-state index is 12.5. The Morgan fingerprint density at radius 2 is 2.00 bits per heavy atom. The predicted octanol–water partition coefficient (Wildman–Crippen LogP) is 2.76. The molecule has 2 N–H and O–H groups in total. The highest BCUT2D eigenvalue weighted by atomic mass is 16.1. The van der Waals surface area contributed by atoms with Crippen LogP contribution in [0.3, 0.4) is 0 Å². The monoisotopic (exact) mass is 274 g/mol. The number of carbonyl (C=O) groups is 1. The van der Waals surface area contributed by atoms with E-state index in [2.05, 4.69) is 17.6 Å². The molecule has 1 amide bonds. The number of amides is 1. The van der Waals surface area contributed by atoms with Gasteiger partial charge in [-0.2, -0.15) is 0 Å². The van der Waals surface area contributed by atoms with Crippen molar-refractivity contribution in [1.29, 1.82) is 0 Å². The molecule has 110 valence electrons. The standard InChI is InChI=1S/C17H26N2O/c1-13(14-7-3-4-8-14)19-17(20)16-10-6-5-9-15(16)11-12-18-2/h5-6,9-10,13-14,18H,3-4,7-8,11-12H2,1-2H3,(H,19,20). The third-order valence-electron chi connectivity index (χ3n) is 4.37. The van der Waals surface area contributed by atoms with Crippen molar-refractivity contribution in [3.63, 3.8) is 0 Å². The molecule has 0 radical (unpaired) electrons. The lowest BCUT2D eigenvalue weighted by Crippen LogP contribution is -2.37. The van der Waals surface area contributed by atoms with Gasteiger partial charge in [0.25, 0.3) is 5.91 Å². The minimum atomic E-state index is 0.0797. The topological polar surface area (TPSA) is 41.1 Å². The number of nitrogens with one attached hydrogen (secondary N) is 2. The normalized spacial score (nSPS) is 17.1. The van der Waals surface area contributed by atoms with Gasteiger partial charge in [0.2, 0.25) is 0 Å². The molecule has 0 aromatic heterocycles. The van der Waals surface area contributed by atoms with Gasteiger partial charge < -0.3 is 10.6 Å². The Morgan fingerprint density at radius 1 is 1.30 bits per heavy atom. The van der Waals surface area contributed by atoms with Crippen molar-refractivity contribution in [1.82, 2.24) is 10.6 Å².